The molecule has 0 saturated heterocycles. The minimum atomic E-state index is -0.682. The van der Waals surface area contributed by atoms with Gasteiger partial charge in [-0.3, -0.25) is 4.79 Å². The largest absolute Gasteiger partial charge is 0.482 e. The summed E-state index contributed by atoms with van der Waals surface area (Å²) in [7, 11) is 0. The fraction of sp³-hybridized carbons (Fsp3) is 0.263. The first-order valence-corrected chi connectivity index (χ1v) is 8.36. The summed E-state index contributed by atoms with van der Waals surface area (Å²) in [6.07, 6.45) is 0. The van der Waals surface area contributed by atoms with Crippen molar-refractivity contribution in [2.24, 2.45) is 0 Å². The van der Waals surface area contributed by atoms with Crippen LogP contribution >= 0.6 is 11.6 Å². The van der Waals surface area contributed by atoms with Crippen LogP contribution in [0.15, 0.2) is 42.5 Å². The molecule has 0 aliphatic heterocycles. The van der Waals surface area contributed by atoms with E-state index in [0.717, 1.165) is 17.7 Å². The van der Waals surface area contributed by atoms with Crippen LogP contribution in [0.5, 0.6) is 5.75 Å². The Morgan fingerprint density at radius 2 is 1.81 bits per heavy atom. The summed E-state index contributed by atoms with van der Waals surface area (Å²) in [6.45, 7) is 3.35. The lowest BCUT2D eigenvalue weighted by Crippen LogP contribution is -2.23. The molecule has 5 nitrogen and oxygen atoms in total. The van der Waals surface area contributed by atoms with Gasteiger partial charge in [-0.25, -0.2) is 9.18 Å². The summed E-state index contributed by atoms with van der Waals surface area (Å²) >= 11 is 5.80. The van der Waals surface area contributed by atoms with Crippen molar-refractivity contribution >= 4 is 29.2 Å². The van der Waals surface area contributed by atoms with Gasteiger partial charge in [-0.05, 0) is 41.8 Å². The van der Waals surface area contributed by atoms with Crippen LogP contribution in [0.25, 0.3) is 0 Å². The molecule has 0 aliphatic carbocycles. The van der Waals surface area contributed by atoms with E-state index in [2.05, 4.69) is 19.2 Å². The van der Waals surface area contributed by atoms with Crippen molar-refractivity contribution in [3.8, 4) is 5.75 Å². The summed E-state index contributed by atoms with van der Waals surface area (Å²) in [6, 6.07) is 10.9. The Morgan fingerprint density at radius 3 is 2.42 bits per heavy atom. The second-order valence-corrected chi connectivity index (χ2v) is 6.25. The zero-order valence-corrected chi connectivity index (χ0v) is 15.2. The topological polar surface area (TPSA) is 64.6 Å². The molecule has 1 N–H and O–H groups in total. The lowest BCUT2D eigenvalue weighted by molar-refractivity contribution is -0.149. The highest BCUT2D eigenvalue weighted by Crippen LogP contribution is 2.22. The van der Waals surface area contributed by atoms with Crippen molar-refractivity contribution in [1.29, 1.82) is 0 Å². The smallest absolute Gasteiger partial charge is 0.344 e. The van der Waals surface area contributed by atoms with E-state index in [-0.39, 0.29) is 17.3 Å². The Labute approximate surface area is 156 Å². The second-order valence-electron chi connectivity index (χ2n) is 5.85. The number of carbonyl (C=O) groups excluding carboxylic acids is 2. The van der Waals surface area contributed by atoms with Crippen molar-refractivity contribution in [3.63, 3.8) is 0 Å². The van der Waals surface area contributed by atoms with Gasteiger partial charge < -0.3 is 14.8 Å². The summed E-state index contributed by atoms with van der Waals surface area (Å²) in [5.74, 6) is -0.847. The highest BCUT2D eigenvalue weighted by molar-refractivity contribution is 6.33. The van der Waals surface area contributed by atoms with E-state index >= 15 is 0 Å². The zero-order chi connectivity index (χ0) is 19.1. The number of hydrogen-bond donors (Lipinski definition) is 1. The molecule has 0 spiro atoms. The van der Waals surface area contributed by atoms with Gasteiger partial charge in [0.05, 0.1) is 10.7 Å². The van der Waals surface area contributed by atoms with Crippen LogP contribution in [0.3, 0.4) is 0 Å². The third-order valence-corrected chi connectivity index (χ3v) is 3.79. The maximum absolute atomic E-state index is 12.9. The van der Waals surface area contributed by atoms with Gasteiger partial charge >= 0.3 is 5.97 Å². The van der Waals surface area contributed by atoms with Gasteiger partial charge in [0, 0.05) is 0 Å². The first-order valence-electron chi connectivity index (χ1n) is 7.98. The van der Waals surface area contributed by atoms with E-state index in [4.69, 9.17) is 21.1 Å². The van der Waals surface area contributed by atoms with Crippen LogP contribution in [-0.4, -0.2) is 25.1 Å². The number of esters is 1. The number of nitrogens with one attached hydrogen (secondary N) is 1. The fourth-order valence-corrected chi connectivity index (χ4v) is 2.27. The van der Waals surface area contributed by atoms with E-state index in [9.17, 15) is 14.0 Å². The van der Waals surface area contributed by atoms with Crippen molar-refractivity contribution in [2.75, 3.05) is 18.5 Å². The van der Waals surface area contributed by atoms with Crippen LogP contribution < -0.4 is 10.1 Å². The number of carbonyl (C=O) groups is 2. The van der Waals surface area contributed by atoms with Crippen molar-refractivity contribution < 1.29 is 23.5 Å². The molecule has 2 aromatic carbocycles. The number of hydrogen-bond acceptors (Lipinski definition) is 4. The summed E-state index contributed by atoms with van der Waals surface area (Å²) in [5.41, 5.74) is 1.40. The van der Waals surface area contributed by atoms with Crippen molar-refractivity contribution in [2.45, 2.75) is 19.8 Å². The Balaban J connectivity index is 1.74. The van der Waals surface area contributed by atoms with Gasteiger partial charge in [-0.15, -0.1) is 0 Å². The Morgan fingerprint density at radius 1 is 1.12 bits per heavy atom. The van der Waals surface area contributed by atoms with E-state index in [1.165, 1.54) is 6.07 Å². The highest BCUT2D eigenvalue weighted by atomic mass is 35.5. The molecule has 7 heteroatoms. The van der Waals surface area contributed by atoms with Crippen LogP contribution in [0, 0.1) is 5.82 Å². The Bertz CT molecular complexity index is 778. The molecule has 0 aromatic heterocycles. The fourth-order valence-electron chi connectivity index (χ4n) is 2.06. The molecule has 0 unspecified atom stereocenters. The lowest BCUT2D eigenvalue weighted by atomic mass is 10.0. The quantitative estimate of drug-likeness (QED) is 0.733. The molecule has 26 heavy (non-hydrogen) atoms. The third-order valence-electron chi connectivity index (χ3n) is 3.47. The molecule has 138 valence electrons. The molecular formula is C19H19ClFNO4. The van der Waals surface area contributed by atoms with E-state index in [1.54, 1.807) is 12.1 Å². The van der Waals surface area contributed by atoms with Gasteiger partial charge in [0.1, 0.15) is 11.6 Å². The first kappa shape index (κ1) is 19.7. The molecule has 1 amide bonds. The maximum atomic E-state index is 12.9. The number of benzene rings is 2. The molecule has 0 aliphatic rings. The van der Waals surface area contributed by atoms with Crippen LogP contribution in [-0.2, 0) is 14.3 Å². The predicted molar refractivity (Wildman–Crippen MR) is 97.0 cm³/mol. The number of rotatable bonds is 7. The van der Waals surface area contributed by atoms with E-state index in [1.807, 2.05) is 12.1 Å². The van der Waals surface area contributed by atoms with Crippen molar-refractivity contribution in [3.05, 3.63) is 58.9 Å². The first-order chi connectivity index (χ1) is 12.3. The van der Waals surface area contributed by atoms with Gasteiger partial charge in [0.2, 0.25) is 0 Å². The van der Waals surface area contributed by atoms with Gasteiger partial charge in [-0.2, -0.15) is 0 Å². The molecule has 2 aromatic rings. The normalized spacial score (nSPS) is 10.5. The molecule has 2 rings (SSSR count). The highest BCUT2D eigenvalue weighted by Gasteiger charge is 2.11. The maximum Gasteiger partial charge on any atom is 0.344 e. The average molecular weight is 380 g/mol. The summed E-state index contributed by atoms with van der Waals surface area (Å²) < 4.78 is 23.1. The SMILES string of the molecule is CC(C)c1ccc(OCC(=O)OCC(=O)Nc2ccc(F)cc2Cl)cc1. The minimum Gasteiger partial charge on any atom is -0.482 e. The molecule has 0 fully saturated rings. The van der Waals surface area contributed by atoms with Crippen LogP contribution in [0.4, 0.5) is 10.1 Å². The average Bonchev–Trinajstić information content (AvgIpc) is 2.61. The number of anilines is 1. The second kappa shape index (κ2) is 9.20. The number of halogens is 2. The summed E-state index contributed by atoms with van der Waals surface area (Å²) in [5, 5.41) is 2.48. The van der Waals surface area contributed by atoms with E-state index in [0.29, 0.717) is 11.7 Å². The third kappa shape index (κ3) is 6.04. The van der Waals surface area contributed by atoms with Crippen LogP contribution in [0.2, 0.25) is 5.02 Å². The molecule has 0 atom stereocenters. The summed E-state index contributed by atoms with van der Waals surface area (Å²) in [4.78, 5) is 23.4. The minimum absolute atomic E-state index is 0.0536. The van der Waals surface area contributed by atoms with Crippen molar-refractivity contribution in [1.82, 2.24) is 0 Å². The molecule has 0 bridgehead atoms. The van der Waals surface area contributed by atoms with Gasteiger partial charge in [0.15, 0.2) is 13.2 Å². The lowest BCUT2D eigenvalue weighted by Gasteiger charge is -2.10. The Kier molecular flexibility index (Phi) is 6.97. The molecular weight excluding hydrogens is 361 g/mol. The monoisotopic (exact) mass is 379 g/mol. The number of ether oxygens (including phenoxy) is 2. The molecule has 0 saturated carbocycles. The predicted octanol–water partition coefficient (Wildman–Crippen LogP) is 4.16. The zero-order valence-electron chi connectivity index (χ0n) is 14.4. The van der Waals surface area contributed by atoms with Gasteiger partial charge in [0.25, 0.3) is 5.91 Å². The Hall–Kier alpha value is -2.60. The van der Waals surface area contributed by atoms with Gasteiger partial charge in [-0.1, -0.05) is 37.6 Å². The van der Waals surface area contributed by atoms with E-state index < -0.39 is 24.3 Å². The van der Waals surface area contributed by atoms with Crippen LogP contribution in [0.1, 0.15) is 25.3 Å². The molecule has 0 heterocycles. The standard InChI is InChI=1S/C19H19ClFNO4/c1-12(2)13-3-6-15(7-4-13)25-11-19(24)26-10-18(23)22-17-8-5-14(21)9-16(17)20/h3-9,12H,10-11H2,1-2H3,(H,22,23). The number of amides is 1. The molecule has 0 radical (unpaired) electrons.